The van der Waals surface area contributed by atoms with Crippen LogP contribution < -0.4 is 0 Å². The molecular weight excluding hydrogens is 464 g/mol. The summed E-state index contributed by atoms with van der Waals surface area (Å²) >= 11 is 0. The van der Waals surface area contributed by atoms with Gasteiger partial charge in [-0.1, -0.05) is 51.0 Å². The van der Waals surface area contributed by atoms with Crippen LogP contribution in [0, 0.1) is 13.2 Å². The first kappa shape index (κ1) is 29.5. The van der Waals surface area contributed by atoms with Crippen molar-refractivity contribution in [1.29, 1.82) is 0 Å². The Kier molecular flexibility index (Phi) is 14.4. The molecule has 0 unspecified atom stereocenters. The van der Waals surface area contributed by atoms with Crippen LogP contribution in [0.4, 0.5) is 0 Å². The first-order chi connectivity index (χ1) is 17.6. The standard InChI is InChI=1S/C28H36O8/c1-4-7-9-22-11-15-24(16-12-22)27(29)35-33-26(21-32-20-19-31-6-3)34-36-28(30)25-17-13-23(14-18-25)10-8-5-2/h11-18H,3-10,19-21H2,1-2H3. The van der Waals surface area contributed by atoms with Crippen molar-refractivity contribution in [1.82, 2.24) is 0 Å². The summed E-state index contributed by atoms with van der Waals surface area (Å²) in [5, 5.41) is 0. The second-order valence-electron chi connectivity index (χ2n) is 8.05. The predicted molar refractivity (Wildman–Crippen MR) is 133 cm³/mol. The van der Waals surface area contributed by atoms with Crippen molar-refractivity contribution in [3.05, 3.63) is 84.0 Å². The number of ether oxygens (including phenoxy) is 2. The summed E-state index contributed by atoms with van der Waals surface area (Å²) in [4.78, 5) is 44.5. The highest BCUT2D eigenvalue weighted by Crippen LogP contribution is 2.15. The molecule has 2 radical (unpaired) electrons. The number of unbranched alkanes of at least 4 members (excludes halogenated alkanes) is 2. The Morgan fingerprint density at radius 1 is 0.667 bits per heavy atom. The van der Waals surface area contributed by atoms with E-state index >= 15 is 0 Å². The van der Waals surface area contributed by atoms with Gasteiger partial charge >= 0.3 is 18.2 Å². The van der Waals surface area contributed by atoms with Crippen LogP contribution in [0.1, 0.15) is 71.4 Å². The lowest BCUT2D eigenvalue weighted by molar-refractivity contribution is -0.368. The monoisotopic (exact) mass is 500 g/mol. The van der Waals surface area contributed by atoms with E-state index in [2.05, 4.69) is 20.8 Å². The third-order valence-corrected chi connectivity index (χ3v) is 5.17. The lowest BCUT2D eigenvalue weighted by atomic mass is 10.1. The fourth-order valence-corrected chi connectivity index (χ4v) is 3.08. The van der Waals surface area contributed by atoms with E-state index in [1.54, 1.807) is 24.3 Å². The van der Waals surface area contributed by atoms with Gasteiger partial charge < -0.3 is 9.47 Å². The molecule has 0 spiro atoms. The van der Waals surface area contributed by atoms with E-state index in [4.69, 9.17) is 29.0 Å². The summed E-state index contributed by atoms with van der Waals surface area (Å²) in [7, 11) is 0. The molecule has 0 N–H and O–H groups in total. The smallest absolute Gasteiger partial charge is 0.373 e. The number of carbonyl (C=O) groups excluding carboxylic acids is 2. The maximum Gasteiger partial charge on any atom is 0.373 e. The van der Waals surface area contributed by atoms with Gasteiger partial charge in [-0.25, -0.2) is 9.59 Å². The first-order valence-corrected chi connectivity index (χ1v) is 12.3. The highest BCUT2D eigenvalue weighted by Gasteiger charge is 2.22. The van der Waals surface area contributed by atoms with Gasteiger partial charge in [-0.2, -0.15) is 0 Å². The molecule has 0 saturated heterocycles. The Morgan fingerprint density at radius 2 is 1.11 bits per heavy atom. The maximum absolute atomic E-state index is 12.4. The SMILES string of the molecule is [CH2]COCCOC[C](OOC(=O)c1ccc(CCCC)cc1)OOC(=O)c1ccc(CCCC)cc1. The third kappa shape index (κ3) is 11.3. The first-order valence-electron chi connectivity index (χ1n) is 12.3. The average Bonchev–Trinajstić information content (AvgIpc) is 2.91. The van der Waals surface area contributed by atoms with E-state index in [1.807, 2.05) is 24.3 Å². The number of aryl methyl sites for hydroxylation is 2. The van der Waals surface area contributed by atoms with Gasteiger partial charge in [0.05, 0.1) is 24.3 Å². The molecular formula is C28H36O8. The lowest BCUT2D eigenvalue weighted by Crippen LogP contribution is -2.21. The Balaban J connectivity index is 1.88. The van der Waals surface area contributed by atoms with Crippen LogP contribution in [0.3, 0.4) is 0 Å². The highest BCUT2D eigenvalue weighted by atomic mass is 17.3. The van der Waals surface area contributed by atoms with Crippen LogP contribution in [0.2, 0.25) is 0 Å². The van der Waals surface area contributed by atoms with Crippen LogP contribution in [0.25, 0.3) is 0 Å². The predicted octanol–water partition coefficient (Wildman–Crippen LogP) is 5.61. The normalized spacial score (nSPS) is 11.0. The van der Waals surface area contributed by atoms with Crippen molar-refractivity contribution in [3.8, 4) is 0 Å². The molecule has 2 aromatic rings. The van der Waals surface area contributed by atoms with Crippen molar-refractivity contribution in [2.45, 2.75) is 52.4 Å². The van der Waals surface area contributed by atoms with E-state index in [0.717, 1.165) is 49.7 Å². The third-order valence-electron chi connectivity index (χ3n) is 5.17. The molecule has 0 heterocycles. The van der Waals surface area contributed by atoms with Crippen LogP contribution in [-0.2, 0) is 41.9 Å². The van der Waals surface area contributed by atoms with Crippen LogP contribution in [0.15, 0.2) is 48.5 Å². The molecule has 0 fully saturated rings. The van der Waals surface area contributed by atoms with Crippen LogP contribution in [0.5, 0.6) is 0 Å². The molecule has 2 rings (SSSR count). The molecule has 0 amide bonds. The number of hydrogen-bond acceptors (Lipinski definition) is 8. The van der Waals surface area contributed by atoms with Gasteiger partial charge in [0.1, 0.15) is 6.61 Å². The van der Waals surface area contributed by atoms with Gasteiger partial charge in [0.15, 0.2) is 0 Å². The molecule has 36 heavy (non-hydrogen) atoms. The largest absolute Gasteiger partial charge is 0.379 e. The van der Waals surface area contributed by atoms with Gasteiger partial charge in [-0.05, 0) is 68.0 Å². The number of carbonyl (C=O) groups is 2. The Morgan fingerprint density at radius 3 is 1.53 bits per heavy atom. The molecule has 0 aliphatic heterocycles. The zero-order valence-corrected chi connectivity index (χ0v) is 21.2. The van der Waals surface area contributed by atoms with Gasteiger partial charge in [0, 0.05) is 6.61 Å². The Hall–Kier alpha value is -2.78. The van der Waals surface area contributed by atoms with Crippen LogP contribution >= 0.6 is 0 Å². The minimum Gasteiger partial charge on any atom is -0.379 e. The molecule has 0 saturated carbocycles. The van der Waals surface area contributed by atoms with E-state index < -0.39 is 11.9 Å². The summed E-state index contributed by atoms with van der Waals surface area (Å²) in [6.45, 7) is 8.36. The Labute approximate surface area is 213 Å². The average molecular weight is 501 g/mol. The van der Waals surface area contributed by atoms with E-state index in [9.17, 15) is 9.59 Å². The molecule has 0 atom stereocenters. The second-order valence-corrected chi connectivity index (χ2v) is 8.05. The summed E-state index contributed by atoms with van der Waals surface area (Å²) in [6, 6.07) is 14.1. The summed E-state index contributed by atoms with van der Waals surface area (Å²) in [5.41, 5.74) is 2.88. The fourth-order valence-electron chi connectivity index (χ4n) is 3.08. The Bertz CT molecular complexity index is 812. The van der Waals surface area contributed by atoms with Gasteiger partial charge in [0.25, 0.3) is 0 Å². The van der Waals surface area contributed by atoms with Gasteiger partial charge in [-0.3, -0.25) is 9.78 Å². The zero-order chi connectivity index (χ0) is 26.0. The van der Waals surface area contributed by atoms with Crippen molar-refractivity contribution >= 4 is 11.9 Å². The van der Waals surface area contributed by atoms with E-state index in [-0.39, 0.29) is 19.5 Å². The topological polar surface area (TPSA) is 89.5 Å². The number of rotatable bonds is 18. The zero-order valence-electron chi connectivity index (χ0n) is 21.2. The fraction of sp³-hybridized carbons (Fsp3) is 0.429. The highest BCUT2D eigenvalue weighted by molar-refractivity contribution is 5.89. The molecule has 8 heteroatoms. The van der Waals surface area contributed by atoms with Crippen LogP contribution in [-0.4, -0.2) is 38.4 Å². The molecule has 8 nitrogen and oxygen atoms in total. The summed E-state index contributed by atoms with van der Waals surface area (Å²) in [6.07, 6.45) is 5.86. The minimum absolute atomic E-state index is 0.200. The molecule has 0 aromatic heterocycles. The maximum atomic E-state index is 12.4. The minimum atomic E-state index is -0.729. The van der Waals surface area contributed by atoms with Crippen molar-refractivity contribution in [2.24, 2.45) is 0 Å². The van der Waals surface area contributed by atoms with Crippen molar-refractivity contribution in [2.75, 3.05) is 26.4 Å². The molecule has 0 bridgehead atoms. The quantitative estimate of drug-likeness (QED) is 0.148. The van der Waals surface area contributed by atoms with Crippen molar-refractivity contribution < 1.29 is 38.6 Å². The second kappa shape index (κ2) is 17.6. The summed E-state index contributed by atoms with van der Waals surface area (Å²) in [5.74, 6) is -1.46. The van der Waals surface area contributed by atoms with E-state index in [1.165, 1.54) is 0 Å². The van der Waals surface area contributed by atoms with E-state index in [0.29, 0.717) is 24.3 Å². The molecule has 196 valence electrons. The lowest BCUT2D eigenvalue weighted by Gasteiger charge is -2.14. The van der Waals surface area contributed by atoms with Gasteiger partial charge in [0.2, 0.25) is 0 Å². The molecule has 0 aliphatic rings. The number of benzene rings is 2. The van der Waals surface area contributed by atoms with Crippen molar-refractivity contribution in [3.63, 3.8) is 0 Å². The number of hydrogen-bond donors (Lipinski definition) is 0. The molecule has 0 aliphatic carbocycles. The summed E-state index contributed by atoms with van der Waals surface area (Å²) < 4.78 is 10.5. The molecule has 2 aromatic carbocycles. The van der Waals surface area contributed by atoms with Gasteiger partial charge in [-0.15, -0.1) is 9.78 Å².